The van der Waals surface area contributed by atoms with E-state index in [1.165, 1.54) is 0 Å². The molecular formula is C14H11Cl2NNa2O2. The molecule has 0 aliphatic heterocycles. The normalized spacial score (nSPS) is 9.24. The molecule has 2 rings (SSSR count). The van der Waals surface area contributed by atoms with Crippen LogP contribution < -0.4 is 69.5 Å². The molecule has 0 aliphatic carbocycles. The Bertz CT molecular complexity index is 609. The van der Waals surface area contributed by atoms with E-state index in [-0.39, 0.29) is 67.0 Å². The number of aliphatic carboxylic acids is 1. The maximum atomic E-state index is 10.7. The van der Waals surface area contributed by atoms with E-state index in [0.29, 0.717) is 27.0 Å². The van der Waals surface area contributed by atoms with Crippen LogP contribution >= 0.6 is 23.2 Å². The third-order valence-electron chi connectivity index (χ3n) is 2.57. The summed E-state index contributed by atoms with van der Waals surface area (Å²) < 4.78 is 0. The number of carboxylic acids is 1. The molecular weight excluding hydrogens is 331 g/mol. The van der Waals surface area contributed by atoms with Crippen molar-refractivity contribution >= 4 is 40.5 Å². The Hall–Kier alpha value is 0.290. The molecule has 0 atom stereocenters. The first-order chi connectivity index (χ1) is 9.08. The number of carboxylic acid groups (broad SMARTS) is 1. The molecule has 0 bridgehead atoms. The molecule has 1 N–H and O–H groups in total. The van der Waals surface area contributed by atoms with Crippen LogP contribution in [0.2, 0.25) is 10.0 Å². The monoisotopic (exact) mass is 341 g/mol. The van der Waals surface area contributed by atoms with Crippen LogP contribution in [0, 0.1) is 0 Å². The van der Waals surface area contributed by atoms with Gasteiger partial charge in [0.15, 0.2) is 0 Å². The van der Waals surface area contributed by atoms with Gasteiger partial charge in [0.2, 0.25) is 0 Å². The fourth-order valence-corrected chi connectivity index (χ4v) is 2.20. The molecule has 0 spiro atoms. The van der Waals surface area contributed by atoms with E-state index >= 15 is 0 Å². The number of hydrogen-bond acceptors (Lipinski definition) is 3. The number of benzene rings is 2. The Morgan fingerprint density at radius 1 is 1.05 bits per heavy atom. The standard InChI is InChI=1S/C14H11Cl2NO2.2Na.H/c15-10-5-3-6-11(16)14(10)17-12-7-2-1-4-9(12)8-13(18)19;;;/h1-7,17H,8H2,(H,18,19);;;/q;2*+1;-1/p-1. The second-order valence-corrected chi connectivity index (χ2v) is 4.74. The average molecular weight is 342 g/mol. The smallest absolute Gasteiger partial charge is 1.00 e. The molecule has 2 aromatic rings. The van der Waals surface area contributed by atoms with Gasteiger partial charge in [-0.25, -0.2) is 0 Å². The summed E-state index contributed by atoms with van der Waals surface area (Å²) in [7, 11) is 0. The van der Waals surface area contributed by atoms with Crippen LogP contribution in [0.15, 0.2) is 42.5 Å². The second kappa shape index (κ2) is 10.1. The minimum Gasteiger partial charge on any atom is -1.00 e. The summed E-state index contributed by atoms with van der Waals surface area (Å²) in [5, 5.41) is 14.7. The quantitative estimate of drug-likeness (QED) is 0.609. The van der Waals surface area contributed by atoms with Crippen molar-refractivity contribution in [2.45, 2.75) is 6.42 Å². The first-order valence-corrected chi connectivity index (χ1v) is 6.32. The van der Waals surface area contributed by atoms with E-state index in [0.717, 1.165) is 0 Å². The van der Waals surface area contributed by atoms with Crippen LogP contribution in [-0.2, 0) is 11.2 Å². The minimum absolute atomic E-state index is 0. The van der Waals surface area contributed by atoms with Crippen molar-refractivity contribution in [3.05, 3.63) is 58.1 Å². The topological polar surface area (TPSA) is 52.2 Å². The Balaban J connectivity index is 0. The zero-order valence-corrected chi connectivity index (χ0v) is 17.3. The Kier molecular flexibility index (Phi) is 10.3. The molecule has 0 aromatic heterocycles. The van der Waals surface area contributed by atoms with Crippen molar-refractivity contribution in [2.75, 3.05) is 5.32 Å². The van der Waals surface area contributed by atoms with Gasteiger partial charge in [-0.1, -0.05) is 47.5 Å². The number of para-hydroxylation sites is 2. The third-order valence-corrected chi connectivity index (χ3v) is 3.20. The SMILES string of the molecule is O=C([O-])Cc1ccccc1Nc1c(Cl)cccc1Cl.[H-].[Na+].[Na+]. The summed E-state index contributed by atoms with van der Waals surface area (Å²) in [6, 6.07) is 12.2. The van der Waals surface area contributed by atoms with Crippen LogP contribution in [-0.4, -0.2) is 5.97 Å². The zero-order valence-electron chi connectivity index (χ0n) is 12.8. The van der Waals surface area contributed by atoms with E-state index in [1.807, 2.05) is 0 Å². The first kappa shape index (κ1) is 21.3. The molecule has 21 heavy (non-hydrogen) atoms. The molecule has 100 valence electrons. The van der Waals surface area contributed by atoms with Crippen LogP contribution in [0.5, 0.6) is 0 Å². The number of anilines is 2. The first-order valence-electron chi connectivity index (χ1n) is 5.56. The molecule has 7 heteroatoms. The van der Waals surface area contributed by atoms with Crippen molar-refractivity contribution in [2.24, 2.45) is 0 Å². The Morgan fingerprint density at radius 2 is 1.62 bits per heavy atom. The fourth-order valence-electron chi connectivity index (χ4n) is 1.70. The summed E-state index contributed by atoms with van der Waals surface area (Å²) in [5.41, 5.74) is 1.80. The molecule has 0 saturated heterocycles. The largest absolute Gasteiger partial charge is 1.00 e. The number of carbonyl (C=O) groups excluding carboxylic acids is 1. The molecule has 0 amide bonds. The predicted octanol–water partition coefficient (Wildman–Crippen LogP) is -2.85. The minimum atomic E-state index is -1.14. The molecule has 0 aliphatic rings. The summed E-state index contributed by atoms with van der Waals surface area (Å²) in [4.78, 5) is 10.7. The van der Waals surface area contributed by atoms with Gasteiger partial charge in [0.05, 0.1) is 15.7 Å². The Labute approximate surface area is 179 Å². The maximum Gasteiger partial charge on any atom is 1.00 e. The van der Waals surface area contributed by atoms with Gasteiger partial charge in [0.1, 0.15) is 0 Å². The number of halogens is 2. The number of carbonyl (C=O) groups is 1. The maximum absolute atomic E-state index is 10.7. The molecule has 0 radical (unpaired) electrons. The molecule has 0 saturated carbocycles. The van der Waals surface area contributed by atoms with E-state index in [4.69, 9.17) is 23.2 Å². The summed E-state index contributed by atoms with van der Waals surface area (Å²) >= 11 is 12.1. The number of nitrogens with one attached hydrogen (secondary N) is 1. The van der Waals surface area contributed by atoms with Gasteiger partial charge in [-0.2, -0.15) is 0 Å². The molecule has 2 aromatic carbocycles. The van der Waals surface area contributed by atoms with Crippen molar-refractivity contribution in [3.8, 4) is 0 Å². The van der Waals surface area contributed by atoms with Crippen LogP contribution in [0.4, 0.5) is 11.4 Å². The summed E-state index contributed by atoms with van der Waals surface area (Å²) in [6.45, 7) is 0. The van der Waals surface area contributed by atoms with E-state index < -0.39 is 5.97 Å². The van der Waals surface area contributed by atoms with Crippen molar-refractivity contribution in [3.63, 3.8) is 0 Å². The van der Waals surface area contributed by atoms with Crippen LogP contribution in [0.3, 0.4) is 0 Å². The van der Waals surface area contributed by atoms with Gasteiger partial charge in [0.25, 0.3) is 0 Å². The van der Waals surface area contributed by atoms with Gasteiger partial charge in [0, 0.05) is 18.1 Å². The molecule has 0 unspecified atom stereocenters. The second-order valence-electron chi connectivity index (χ2n) is 3.93. The van der Waals surface area contributed by atoms with Crippen LogP contribution in [0.1, 0.15) is 6.99 Å². The zero-order chi connectivity index (χ0) is 13.8. The van der Waals surface area contributed by atoms with Crippen molar-refractivity contribution < 1.29 is 70.4 Å². The third kappa shape index (κ3) is 6.12. The molecule has 0 fully saturated rings. The van der Waals surface area contributed by atoms with Crippen LogP contribution in [0.25, 0.3) is 0 Å². The average Bonchev–Trinajstić information content (AvgIpc) is 2.35. The fraction of sp³-hybridized carbons (Fsp3) is 0.0714. The number of hydrogen-bond donors (Lipinski definition) is 1. The van der Waals surface area contributed by atoms with Gasteiger partial charge in [-0.05, 0) is 23.8 Å². The van der Waals surface area contributed by atoms with Gasteiger partial charge >= 0.3 is 59.1 Å². The number of rotatable bonds is 4. The molecule has 0 heterocycles. The summed E-state index contributed by atoms with van der Waals surface area (Å²) in [5.74, 6) is -1.14. The summed E-state index contributed by atoms with van der Waals surface area (Å²) in [6.07, 6.45) is -0.175. The van der Waals surface area contributed by atoms with E-state index in [9.17, 15) is 9.90 Å². The van der Waals surface area contributed by atoms with E-state index in [1.54, 1.807) is 42.5 Å². The van der Waals surface area contributed by atoms with Gasteiger partial charge < -0.3 is 16.6 Å². The van der Waals surface area contributed by atoms with Crippen molar-refractivity contribution in [1.29, 1.82) is 0 Å². The van der Waals surface area contributed by atoms with Crippen molar-refractivity contribution in [1.82, 2.24) is 0 Å². The molecule has 3 nitrogen and oxygen atoms in total. The predicted molar refractivity (Wildman–Crippen MR) is 76.0 cm³/mol. The Morgan fingerprint density at radius 3 is 2.19 bits per heavy atom. The van der Waals surface area contributed by atoms with Gasteiger partial charge in [-0.3, -0.25) is 0 Å². The van der Waals surface area contributed by atoms with E-state index in [2.05, 4.69) is 5.32 Å². The van der Waals surface area contributed by atoms with Gasteiger partial charge in [-0.15, -0.1) is 0 Å².